The monoisotopic (exact) mass is 706 g/mol. The number of fused-ring (bicyclic) bond motifs is 5. The molecule has 7 heteroatoms. The van der Waals surface area contributed by atoms with Gasteiger partial charge < -0.3 is 19.3 Å². The van der Waals surface area contributed by atoms with Crippen LogP contribution < -0.4 is 0 Å². The van der Waals surface area contributed by atoms with Gasteiger partial charge in [-0.3, -0.25) is 0 Å². The lowest BCUT2D eigenvalue weighted by Gasteiger charge is -2.64. The second-order valence-electron chi connectivity index (χ2n) is 16.6. The Morgan fingerprint density at radius 3 is 1.71 bits per heavy atom. The van der Waals surface area contributed by atoms with Crippen molar-refractivity contribution in [2.75, 3.05) is 6.61 Å². The largest absolute Gasteiger partial charge is 0.459 e. The number of carbonyl (C=O) groups excluding carboxylic acids is 3. The molecule has 0 spiro atoms. The molecule has 3 aromatic rings. The molecule has 4 saturated carbocycles. The Morgan fingerprint density at radius 1 is 0.654 bits per heavy atom. The zero-order valence-corrected chi connectivity index (χ0v) is 30.8. The summed E-state index contributed by atoms with van der Waals surface area (Å²) in [6, 6.07) is 27.2. The van der Waals surface area contributed by atoms with Crippen LogP contribution >= 0.6 is 0 Å². The number of hydrogen-bond acceptors (Lipinski definition) is 7. The normalized spacial score (nSPS) is 34.2. The van der Waals surface area contributed by atoms with Gasteiger partial charge in [-0.25, -0.2) is 14.4 Å². The number of aliphatic hydroxyl groups excluding tert-OH is 1. The summed E-state index contributed by atoms with van der Waals surface area (Å²) in [5, 5.41) is 9.65. The van der Waals surface area contributed by atoms with Crippen LogP contribution in [0, 0.1) is 46.3 Å². The summed E-state index contributed by atoms with van der Waals surface area (Å²) in [6.07, 6.45) is 6.34. The fourth-order valence-corrected chi connectivity index (χ4v) is 11.5. The van der Waals surface area contributed by atoms with E-state index in [0.717, 1.165) is 51.4 Å². The van der Waals surface area contributed by atoms with E-state index in [-0.39, 0.29) is 53.2 Å². The summed E-state index contributed by atoms with van der Waals surface area (Å²) < 4.78 is 19.6. The number of esters is 3. The molecule has 0 bridgehead atoms. The molecular formula is C45H54O7. The second kappa shape index (κ2) is 15.2. The predicted octanol–water partition coefficient (Wildman–Crippen LogP) is 8.95. The van der Waals surface area contributed by atoms with Gasteiger partial charge in [0.25, 0.3) is 0 Å². The molecule has 0 aromatic heterocycles. The Kier molecular flexibility index (Phi) is 10.6. The minimum atomic E-state index is -0.724. The van der Waals surface area contributed by atoms with Gasteiger partial charge in [-0.15, -0.1) is 0 Å². The van der Waals surface area contributed by atoms with Gasteiger partial charge in [-0.1, -0.05) is 75.4 Å². The fourth-order valence-electron chi connectivity index (χ4n) is 11.5. The minimum Gasteiger partial charge on any atom is -0.459 e. The van der Waals surface area contributed by atoms with Crippen molar-refractivity contribution in [1.29, 1.82) is 0 Å². The number of hydrogen-bond donors (Lipinski definition) is 1. The molecule has 4 unspecified atom stereocenters. The average Bonchev–Trinajstić information content (AvgIpc) is 3.53. The topological polar surface area (TPSA) is 99.1 Å². The quantitative estimate of drug-likeness (QED) is 0.166. The highest BCUT2D eigenvalue weighted by Gasteiger charge is 2.67. The molecule has 52 heavy (non-hydrogen) atoms. The van der Waals surface area contributed by atoms with E-state index in [1.807, 2.05) is 54.6 Å². The number of carbonyl (C=O) groups is 3. The van der Waals surface area contributed by atoms with Crippen molar-refractivity contribution in [3.8, 4) is 0 Å². The van der Waals surface area contributed by atoms with Gasteiger partial charge in [-0.05, 0) is 129 Å². The van der Waals surface area contributed by atoms with Crippen LogP contribution in [-0.4, -0.2) is 47.9 Å². The molecule has 0 radical (unpaired) electrons. The first-order valence-electron chi connectivity index (χ1n) is 19.5. The molecule has 276 valence electrons. The maximum absolute atomic E-state index is 14.1. The molecule has 0 amide bonds. The Labute approximate surface area is 308 Å². The molecule has 3 aromatic carbocycles. The van der Waals surface area contributed by atoms with Crippen LogP contribution in [0.3, 0.4) is 0 Å². The van der Waals surface area contributed by atoms with Crippen molar-refractivity contribution >= 4 is 17.9 Å². The van der Waals surface area contributed by atoms with Crippen LogP contribution in [0.2, 0.25) is 0 Å². The first-order chi connectivity index (χ1) is 25.1. The number of ether oxygens (including phenoxy) is 3. The van der Waals surface area contributed by atoms with Gasteiger partial charge in [0.2, 0.25) is 0 Å². The molecule has 4 fully saturated rings. The third-order valence-electron chi connectivity index (χ3n) is 14.0. The van der Waals surface area contributed by atoms with Crippen molar-refractivity contribution in [2.24, 2.45) is 46.3 Å². The van der Waals surface area contributed by atoms with E-state index in [0.29, 0.717) is 34.9 Å². The summed E-state index contributed by atoms with van der Waals surface area (Å²) in [5.74, 6) is 0.108. The van der Waals surface area contributed by atoms with Gasteiger partial charge in [-0.2, -0.15) is 0 Å². The van der Waals surface area contributed by atoms with E-state index < -0.39 is 24.1 Å². The zero-order chi connectivity index (χ0) is 36.5. The first-order valence-corrected chi connectivity index (χ1v) is 19.5. The van der Waals surface area contributed by atoms with Crippen LogP contribution in [0.4, 0.5) is 0 Å². The van der Waals surface area contributed by atoms with Crippen molar-refractivity contribution in [1.82, 2.24) is 0 Å². The van der Waals surface area contributed by atoms with Crippen LogP contribution in [0.15, 0.2) is 91.0 Å². The van der Waals surface area contributed by atoms with Gasteiger partial charge in [0.1, 0.15) is 18.3 Å². The summed E-state index contributed by atoms with van der Waals surface area (Å²) >= 11 is 0. The van der Waals surface area contributed by atoms with E-state index in [1.54, 1.807) is 36.4 Å². The Morgan fingerprint density at radius 2 is 1.15 bits per heavy atom. The van der Waals surface area contributed by atoms with E-state index in [2.05, 4.69) is 20.8 Å². The predicted molar refractivity (Wildman–Crippen MR) is 198 cm³/mol. The van der Waals surface area contributed by atoms with Crippen molar-refractivity contribution in [3.05, 3.63) is 108 Å². The average molecular weight is 707 g/mol. The fraction of sp³-hybridized carbons (Fsp3) is 0.533. The zero-order valence-electron chi connectivity index (χ0n) is 30.8. The summed E-state index contributed by atoms with van der Waals surface area (Å²) in [4.78, 5) is 41.5. The highest BCUT2D eigenvalue weighted by atomic mass is 16.6. The molecule has 0 heterocycles. The SMILES string of the molecule is C[C@@H](CCCO)C1CCC2C3C(CC[C@@]21C)[C@@]1(C)CC[C@@H](OC(=O)c2ccccc2)C[C@H]1[C@H](OC(=O)c1ccccc1)[C@@H]3OC(=O)c1ccccc1. The maximum Gasteiger partial charge on any atom is 0.338 e. The van der Waals surface area contributed by atoms with E-state index in [1.165, 1.54) is 0 Å². The van der Waals surface area contributed by atoms with Crippen molar-refractivity contribution in [2.45, 2.75) is 96.9 Å². The van der Waals surface area contributed by atoms with Crippen LogP contribution in [0.25, 0.3) is 0 Å². The lowest BCUT2D eigenvalue weighted by molar-refractivity contribution is -0.223. The smallest absolute Gasteiger partial charge is 0.338 e. The summed E-state index contributed by atoms with van der Waals surface area (Å²) in [5.41, 5.74) is 1.25. The van der Waals surface area contributed by atoms with Crippen molar-refractivity contribution in [3.63, 3.8) is 0 Å². The third-order valence-corrected chi connectivity index (χ3v) is 14.0. The molecule has 0 aliphatic heterocycles. The van der Waals surface area contributed by atoms with E-state index in [4.69, 9.17) is 14.2 Å². The van der Waals surface area contributed by atoms with Gasteiger partial charge in [0.15, 0.2) is 0 Å². The minimum absolute atomic E-state index is 0.000281. The maximum atomic E-state index is 14.1. The Hall–Kier alpha value is -3.97. The second-order valence-corrected chi connectivity index (χ2v) is 16.6. The third kappa shape index (κ3) is 6.81. The number of rotatable bonds is 10. The van der Waals surface area contributed by atoms with Gasteiger partial charge in [0, 0.05) is 18.4 Å². The standard InChI is InChI=1S/C45H54O7/c1-29(14-13-27-46)34-21-22-35-38-36(24-26-44(34,35)2)45(3)25-23-33(50-41(47)30-15-7-4-8-16-30)28-37(45)39(51-42(48)31-17-9-5-10-18-31)40(38)52-43(49)32-19-11-6-12-20-32/h4-12,15-20,29,33-40,46H,13-14,21-28H2,1-3H3/t29-,33+,34?,35?,36?,37-,38?,39-,40+,44+,45+/m0/s1. The van der Waals surface area contributed by atoms with Crippen LogP contribution in [0.1, 0.15) is 110 Å². The highest BCUT2D eigenvalue weighted by Crippen LogP contribution is 2.69. The lowest BCUT2D eigenvalue weighted by atomic mass is 9.43. The van der Waals surface area contributed by atoms with Gasteiger partial charge in [0.05, 0.1) is 16.7 Å². The molecule has 11 atom stereocenters. The molecule has 1 N–H and O–H groups in total. The first kappa shape index (κ1) is 36.4. The van der Waals surface area contributed by atoms with Crippen LogP contribution in [0.5, 0.6) is 0 Å². The molecule has 7 nitrogen and oxygen atoms in total. The summed E-state index contributed by atoms with van der Waals surface area (Å²) in [7, 11) is 0. The number of aliphatic hydroxyl groups is 1. The van der Waals surface area contributed by atoms with Crippen molar-refractivity contribution < 1.29 is 33.7 Å². The molecule has 0 saturated heterocycles. The Balaban J connectivity index is 1.28. The molecule has 4 aliphatic carbocycles. The Bertz CT molecular complexity index is 1690. The van der Waals surface area contributed by atoms with E-state index >= 15 is 0 Å². The van der Waals surface area contributed by atoms with E-state index in [9.17, 15) is 19.5 Å². The molecular weight excluding hydrogens is 652 g/mol. The van der Waals surface area contributed by atoms with Crippen LogP contribution in [-0.2, 0) is 14.2 Å². The van der Waals surface area contributed by atoms with Gasteiger partial charge >= 0.3 is 17.9 Å². The number of benzene rings is 3. The molecule has 7 rings (SSSR count). The lowest BCUT2D eigenvalue weighted by Crippen LogP contribution is -2.66. The highest BCUT2D eigenvalue weighted by molar-refractivity contribution is 5.90. The molecule has 4 aliphatic rings. The summed E-state index contributed by atoms with van der Waals surface area (Å²) in [6.45, 7) is 7.36.